The van der Waals surface area contributed by atoms with Crippen LogP contribution in [0.2, 0.25) is 0 Å². The Kier molecular flexibility index (Phi) is 7.49. The van der Waals surface area contributed by atoms with E-state index in [1.165, 1.54) is 23.8 Å². The van der Waals surface area contributed by atoms with Crippen LogP contribution >= 0.6 is 0 Å². The number of carbonyl (C=O) groups is 2. The Morgan fingerprint density at radius 1 is 1.11 bits per heavy atom. The summed E-state index contributed by atoms with van der Waals surface area (Å²) in [5.41, 5.74) is 1.09. The third kappa shape index (κ3) is 6.22. The van der Waals surface area contributed by atoms with E-state index >= 15 is 0 Å². The van der Waals surface area contributed by atoms with Crippen molar-refractivity contribution in [3.63, 3.8) is 0 Å². The van der Waals surface area contributed by atoms with E-state index in [4.69, 9.17) is 4.74 Å². The first-order chi connectivity index (χ1) is 13.0. The van der Waals surface area contributed by atoms with Gasteiger partial charge in [0.15, 0.2) is 0 Å². The van der Waals surface area contributed by atoms with Crippen LogP contribution in [-0.2, 0) is 16.0 Å². The smallest absolute Gasteiger partial charge is 0.338 e. The molecule has 0 heterocycles. The maximum absolute atomic E-state index is 12.2. The molecule has 0 spiro atoms. The average Bonchev–Trinajstić information content (AvgIpc) is 2.66. The Morgan fingerprint density at radius 2 is 1.85 bits per heavy atom. The number of unbranched alkanes of at least 4 members (excludes halogenated alkanes) is 1. The van der Waals surface area contributed by atoms with Crippen LogP contribution < -0.4 is 5.32 Å². The zero-order valence-electron chi connectivity index (χ0n) is 15.1. The highest BCUT2D eigenvalue weighted by molar-refractivity contribution is 5.96. The van der Waals surface area contributed by atoms with Crippen molar-refractivity contribution in [2.24, 2.45) is 0 Å². The van der Waals surface area contributed by atoms with Crippen molar-refractivity contribution in [1.82, 2.24) is 0 Å². The molecule has 2 aromatic carbocycles. The topological polar surface area (TPSA) is 98.5 Å². The molecule has 142 valence electrons. The number of rotatable bonds is 9. The molecule has 0 fully saturated rings. The molecule has 2 aromatic rings. The fourth-order valence-electron chi connectivity index (χ4n) is 2.61. The van der Waals surface area contributed by atoms with E-state index < -0.39 is 10.9 Å². The minimum Gasteiger partial charge on any atom is -0.462 e. The van der Waals surface area contributed by atoms with Crippen LogP contribution in [0.3, 0.4) is 0 Å². The van der Waals surface area contributed by atoms with Crippen molar-refractivity contribution in [2.45, 2.75) is 32.6 Å². The lowest BCUT2D eigenvalue weighted by Crippen LogP contribution is -2.14. The summed E-state index contributed by atoms with van der Waals surface area (Å²) < 4.78 is 4.89. The molecular weight excluding hydrogens is 348 g/mol. The second-order valence-electron chi connectivity index (χ2n) is 5.95. The molecule has 0 aliphatic heterocycles. The summed E-state index contributed by atoms with van der Waals surface area (Å²) in [6, 6.07) is 13.7. The molecular formula is C20H22N2O5. The van der Waals surface area contributed by atoms with E-state index in [-0.39, 0.29) is 35.9 Å². The first-order valence-corrected chi connectivity index (χ1v) is 8.80. The molecule has 0 unspecified atom stereocenters. The number of esters is 1. The highest BCUT2D eigenvalue weighted by atomic mass is 16.6. The molecule has 0 radical (unpaired) electrons. The number of benzene rings is 2. The number of nitro benzene ring substituents is 1. The number of nitrogens with zero attached hydrogens (tertiary/aromatic N) is 1. The van der Waals surface area contributed by atoms with Crippen LogP contribution in [0.4, 0.5) is 11.4 Å². The SMILES string of the molecule is CCOC(=O)c1ccc([N+](=O)[O-])c(NC(=O)CCCCc2ccccc2)c1. The number of anilines is 1. The zero-order valence-corrected chi connectivity index (χ0v) is 15.1. The molecule has 2 rings (SSSR count). The van der Waals surface area contributed by atoms with Gasteiger partial charge < -0.3 is 10.1 Å². The Labute approximate surface area is 157 Å². The summed E-state index contributed by atoms with van der Waals surface area (Å²) in [4.78, 5) is 34.5. The van der Waals surface area contributed by atoms with E-state index in [0.29, 0.717) is 6.42 Å². The highest BCUT2D eigenvalue weighted by Gasteiger charge is 2.19. The van der Waals surface area contributed by atoms with Gasteiger partial charge in [0.2, 0.25) is 5.91 Å². The van der Waals surface area contributed by atoms with Crippen molar-refractivity contribution >= 4 is 23.3 Å². The van der Waals surface area contributed by atoms with Crippen molar-refractivity contribution in [2.75, 3.05) is 11.9 Å². The molecule has 0 aliphatic carbocycles. The van der Waals surface area contributed by atoms with Crippen molar-refractivity contribution in [3.8, 4) is 0 Å². The van der Waals surface area contributed by atoms with Gasteiger partial charge >= 0.3 is 5.97 Å². The zero-order chi connectivity index (χ0) is 19.6. The number of nitrogens with one attached hydrogen (secondary N) is 1. The summed E-state index contributed by atoms with van der Waals surface area (Å²) in [5, 5.41) is 13.7. The fraction of sp³-hybridized carbons (Fsp3) is 0.300. The van der Waals surface area contributed by atoms with Gasteiger partial charge in [0.05, 0.1) is 17.1 Å². The number of ether oxygens (including phenoxy) is 1. The lowest BCUT2D eigenvalue weighted by atomic mass is 10.1. The minimum absolute atomic E-state index is 0.00128. The summed E-state index contributed by atoms with van der Waals surface area (Å²) in [7, 11) is 0. The number of nitro groups is 1. The largest absolute Gasteiger partial charge is 0.462 e. The van der Waals surface area contributed by atoms with E-state index in [1.54, 1.807) is 6.92 Å². The molecule has 27 heavy (non-hydrogen) atoms. The minimum atomic E-state index is -0.597. The molecule has 0 aromatic heterocycles. The third-order valence-corrected chi connectivity index (χ3v) is 3.94. The molecule has 0 atom stereocenters. The van der Waals surface area contributed by atoms with Gasteiger partial charge in [-0.05, 0) is 43.9 Å². The van der Waals surface area contributed by atoms with E-state index in [9.17, 15) is 19.7 Å². The summed E-state index contributed by atoms with van der Waals surface area (Å²) >= 11 is 0. The van der Waals surface area contributed by atoms with Gasteiger partial charge in [-0.1, -0.05) is 30.3 Å². The van der Waals surface area contributed by atoms with E-state index in [2.05, 4.69) is 5.32 Å². The van der Waals surface area contributed by atoms with Gasteiger partial charge in [-0.2, -0.15) is 0 Å². The molecule has 1 N–H and O–H groups in total. The summed E-state index contributed by atoms with van der Waals surface area (Å²) in [6.45, 7) is 1.86. The Hall–Kier alpha value is -3.22. The number of hydrogen-bond donors (Lipinski definition) is 1. The maximum Gasteiger partial charge on any atom is 0.338 e. The number of amides is 1. The molecule has 1 amide bonds. The second kappa shape index (κ2) is 10.1. The molecule has 7 nitrogen and oxygen atoms in total. The molecule has 0 bridgehead atoms. The van der Waals surface area contributed by atoms with E-state index in [0.717, 1.165) is 12.8 Å². The predicted molar refractivity (Wildman–Crippen MR) is 102 cm³/mol. The quantitative estimate of drug-likeness (QED) is 0.310. The first-order valence-electron chi connectivity index (χ1n) is 8.80. The predicted octanol–water partition coefficient (Wildman–Crippen LogP) is 4.12. The lowest BCUT2D eigenvalue weighted by molar-refractivity contribution is -0.383. The van der Waals surface area contributed by atoms with Crippen LogP contribution in [0.25, 0.3) is 0 Å². The summed E-state index contributed by atoms with van der Waals surface area (Å²) in [6.07, 6.45) is 2.61. The van der Waals surface area contributed by atoms with Crippen molar-refractivity contribution in [3.05, 3.63) is 69.8 Å². The lowest BCUT2D eigenvalue weighted by Gasteiger charge is -2.08. The molecule has 0 saturated heterocycles. The molecule has 0 aliphatic rings. The first kappa shape index (κ1) is 20.1. The maximum atomic E-state index is 12.2. The number of hydrogen-bond acceptors (Lipinski definition) is 5. The van der Waals surface area contributed by atoms with E-state index in [1.807, 2.05) is 30.3 Å². The molecule has 7 heteroatoms. The van der Waals surface area contributed by atoms with Crippen LogP contribution in [0.5, 0.6) is 0 Å². The van der Waals surface area contributed by atoms with Crippen LogP contribution in [0.1, 0.15) is 42.1 Å². The average molecular weight is 370 g/mol. The normalized spacial score (nSPS) is 10.3. The van der Waals surface area contributed by atoms with Crippen molar-refractivity contribution < 1.29 is 19.2 Å². The fourth-order valence-corrected chi connectivity index (χ4v) is 2.61. The number of carbonyl (C=O) groups excluding carboxylic acids is 2. The van der Waals surface area contributed by atoms with Gasteiger partial charge in [0.25, 0.3) is 5.69 Å². The van der Waals surface area contributed by atoms with Crippen LogP contribution in [-0.4, -0.2) is 23.4 Å². The highest BCUT2D eigenvalue weighted by Crippen LogP contribution is 2.26. The standard InChI is InChI=1S/C20H22N2O5/c1-2-27-20(24)16-12-13-18(22(25)26)17(14-16)21-19(23)11-7-6-10-15-8-4-3-5-9-15/h3-5,8-9,12-14H,2,6-7,10-11H2,1H3,(H,21,23). The Morgan fingerprint density at radius 3 is 2.52 bits per heavy atom. The van der Waals surface area contributed by atoms with Gasteiger partial charge in [-0.15, -0.1) is 0 Å². The van der Waals surface area contributed by atoms with Gasteiger partial charge in [0.1, 0.15) is 5.69 Å². The number of aryl methyl sites for hydroxylation is 1. The van der Waals surface area contributed by atoms with Gasteiger partial charge in [0, 0.05) is 12.5 Å². The summed E-state index contributed by atoms with van der Waals surface area (Å²) in [5.74, 6) is -0.919. The molecule has 0 saturated carbocycles. The Bertz CT molecular complexity index is 805. The Balaban J connectivity index is 1.95. The second-order valence-corrected chi connectivity index (χ2v) is 5.95. The monoisotopic (exact) mass is 370 g/mol. The van der Waals surface area contributed by atoms with Gasteiger partial charge in [-0.25, -0.2) is 4.79 Å². The van der Waals surface area contributed by atoms with Crippen LogP contribution in [0, 0.1) is 10.1 Å². The van der Waals surface area contributed by atoms with Gasteiger partial charge in [-0.3, -0.25) is 14.9 Å². The third-order valence-electron chi connectivity index (χ3n) is 3.94. The van der Waals surface area contributed by atoms with Crippen molar-refractivity contribution in [1.29, 1.82) is 0 Å². The van der Waals surface area contributed by atoms with Crippen LogP contribution in [0.15, 0.2) is 48.5 Å².